The number of nitrogens with zero attached hydrogens (tertiary/aromatic N) is 1. The highest BCUT2D eigenvalue weighted by molar-refractivity contribution is 7.07. The molecule has 0 aliphatic rings. The van der Waals surface area contributed by atoms with E-state index in [1.807, 2.05) is 7.05 Å². The van der Waals surface area contributed by atoms with Crippen molar-refractivity contribution in [1.29, 1.82) is 0 Å². The maximum absolute atomic E-state index is 3.22. The molecule has 0 saturated carbocycles. The normalized spacial score (nSPS) is 11.3. The maximum atomic E-state index is 3.22. The van der Waals surface area contributed by atoms with E-state index in [1.165, 1.54) is 33.3 Å². The average molecular weight is 284 g/mol. The maximum Gasteiger partial charge on any atom is 0.0488 e. The lowest BCUT2D eigenvalue weighted by Crippen LogP contribution is -2.04. The molecule has 2 heterocycles. The average Bonchev–Trinajstić information content (AvgIpc) is 3.03. The zero-order valence-electron chi connectivity index (χ0n) is 12.2. The zero-order chi connectivity index (χ0) is 14.1. The van der Waals surface area contributed by atoms with Crippen LogP contribution < -0.4 is 5.32 Å². The third-order valence-corrected chi connectivity index (χ3v) is 4.74. The number of fused-ring (bicyclic) bond motifs is 1. The molecule has 3 aromatic rings. The van der Waals surface area contributed by atoms with Gasteiger partial charge in [-0.15, -0.1) is 0 Å². The molecule has 20 heavy (non-hydrogen) atoms. The van der Waals surface area contributed by atoms with Crippen LogP contribution in [-0.4, -0.2) is 11.6 Å². The van der Waals surface area contributed by atoms with Crippen LogP contribution >= 0.6 is 11.3 Å². The van der Waals surface area contributed by atoms with E-state index < -0.39 is 0 Å². The quantitative estimate of drug-likeness (QED) is 0.763. The van der Waals surface area contributed by atoms with Gasteiger partial charge in [-0.2, -0.15) is 11.3 Å². The Hall–Kier alpha value is -1.58. The summed E-state index contributed by atoms with van der Waals surface area (Å²) < 4.78 is 2.43. The first-order valence-corrected chi connectivity index (χ1v) is 7.89. The summed E-state index contributed by atoms with van der Waals surface area (Å²) in [4.78, 5) is 0. The van der Waals surface area contributed by atoms with Crippen LogP contribution in [0.3, 0.4) is 0 Å². The first kappa shape index (κ1) is 13.4. The second kappa shape index (κ2) is 5.43. The predicted molar refractivity (Wildman–Crippen MR) is 87.6 cm³/mol. The molecule has 2 nitrogen and oxygen atoms in total. The molecule has 1 aromatic carbocycles. The van der Waals surface area contributed by atoms with Crippen LogP contribution in [0.4, 0.5) is 0 Å². The molecule has 0 saturated heterocycles. The molecule has 1 N–H and O–H groups in total. The van der Waals surface area contributed by atoms with Crippen molar-refractivity contribution < 1.29 is 0 Å². The number of nitrogens with one attached hydrogen (secondary N) is 1. The van der Waals surface area contributed by atoms with Crippen LogP contribution in [0.5, 0.6) is 0 Å². The van der Waals surface area contributed by atoms with Gasteiger partial charge in [-0.1, -0.05) is 6.07 Å². The van der Waals surface area contributed by atoms with Crippen LogP contribution in [0.25, 0.3) is 10.9 Å². The second-order valence-electron chi connectivity index (χ2n) is 5.31. The number of hydrogen-bond donors (Lipinski definition) is 1. The number of thiophene rings is 1. The van der Waals surface area contributed by atoms with E-state index in [2.05, 4.69) is 58.8 Å². The zero-order valence-corrected chi connectivity index (χ0v) is 13.1. The summed E-state index contributed by atoms with van der Waals surface area (Å²) >= 11 is 1.76. The van der Waals surface area contributed by atoms with Gasteiger partial charge in [-0.25, -0.2) is 0 Å². The third-order valence-electron chi connectivity index (χ3n) is 4.01. The molecule has 3 rings (SSSR count). The molecule has 104 valence electrons. The fraction of sp³-hybridized carbons (Fsp3) is 0.294. The summed E-state index contributed by atoms with van der Waals surface area (Å²) in [5, 5.41) is 8.98. The van der Waals surface area contributed by atoms with E-state index in [4.69, 9.17) is 0 Å². The van der Waals surface area contributed by atoms with Crippen molar-refractivity contribution in [2.75, 3.05) is 7.05 Å². The number of benzene rings is 1. The molecule has 0 amide bonds. The van der Waals surface area contributed by atoms with Crippen molar-refractivity contribution in [1.82, 2.24) is 9.88 Å². The van der Waals surface area contributed by atoms with Gasteiger partial charge in [-0.3, -0.25) is 0 Å². The summed E-state index contributed by atoms with van der Waals surface area (Å²) in [5.41, 5.74) is 6.83. The molecule has 0 unspecified atom stereocenters. The van der Waals surface area contributed by atoms with Crippen molar-refractivity contribution >= 4 is 22.2 Å². The summed E-state index contributed by atoms with van der Waals surface area (Å²) in [6, 6.07) is 9.01. The fourth-order valence-corrected chi connectivity index (χ4v) is 3.44. The minimum atomic E-state index is 0.921. The molecule has 0 radical (unpaired) electrons. The van der Waals surface area contributed by atoms with Gasteiger partial charge < -0.3 is 9.88 Å². The van der Waals surface area contributed by atoms with Crippen molar-refractivity contribution in [2.24, 2.45) is 0 Å². The number of aromatic nitrogens is 1. The molecule has 2 aromatic heterocycles. The summed E-state index contributed by atoms with van der Waals surface area (Å²) in [5.74, 6) is 0. The molecule has 0 bridgehead atoms. The van der Waals surface area contributed by atoms with Crippen molar-refractivity contribution in [3.63, 3.8) is 0 Å². The molecule has 0 spiro atoms. The van der Waals surface area contributed by atoms with E-state index in [9.17, 15) is 0 Å². The van der Waals surface area contributed by atoms with Gasteiger partial charge >= 0.3 is 0 Å². The Bertz CT molecular complexity index is 723. The van der Waals surface area contributed by atoms with E-state index in [1.54, 1.807) is 11.3 Å². The molecule has 0 atom stereocenters. The molecule has 3 heteroatoms. The Balaban J connectivity index is 2.10. The van der Waals surface area contributed by atoms with E-state index in [0.717, 1.165) is 13.1 Å². The van der Waals surface area contributed by atoms with Gasteiger partial charge in [0.1, 0.15) is 0 Å². The first-order chi connectivity index (χ1) is 9.70. The lowest BCUT2D eigenvalue weighted by atomic mass is 10.1. The van der Waals surface area contributed by atoms with Crippen molar-refractivity contribution in [3.8, 4) is 0 Å². The van der Waals surface area contributed by atoms with Crippen LogP contribution in [0.15, 0.2) is 35.0 Å². The number of hydrogen-bond acceptors (Lipinski definition) is 2. The Morgan fingerprint density at radius 2 is 2.00 bits per heavy atom. The Morgan fingerprint density at radius 3 is 2.70 bits per heavy atom. The fourth-order valence-electron chi connectivity index (χ4n) is 2.78. The SMILES string of the molecule is CNCc1ccc2c(c1)c(C)c(C)n2Cc1ccsc1. The topological polar surface area (TPSA) is 17.0 Å². The van der Waals surface area contributed by atoms with Gasteiger partial charge in [0, 0.05) is 29.7 Å². The van der Waals surface area contributed by atoms with Gasteiger partial charge in [-0.05, 0) is 66.5 Å². The largest absolute Gasteiger partial charge is 0.340 e. The Kier molecular flexibility index (Phi) is 3.64. The molecule has 0 aliphatic carbocycles. The Morgan fingerprint density at radius 1 is 1.15 bits per heavy atom. The highest BCUT2D eigenvalue weighted by atomic mass is 32.1. The number of aryl methyl sites for hydroxylation is 1. The minimum absolute atomic E-state index is 0.921. The first-order valence-electron chi connectivity index (χ1n) is 6.94. The number of rotatable bonds is 4. The highest BCUT2D eigenvalue weighted by Crippen LogP contribution is 2.27. The molecule has 0 aliphatic heterocycles. The second-order valence-corrected chi connectivity index (χ2v) is 6.09. The Labute approximate surface area is 124 Å². The summed E-state index contributed by atoms with van der Waals surface area (Å²) in [6.07, 6.45) is 0. The van der Waals surface area contributed by atoms with Crippen molar-refractivity contribution in [3.05, 3.63) is 57.4 Å². The van der Waals surface area contributed by atoms with Crippen LogP contribution in [0.2, 0.25) is 0 Å². The van der Waals surface area contributed by atoms with Crippen LogP contribution in [0.1, 0.15) is 22.4 Å². The van der Waals surface area contributed by atoms with Gasteiger partial charge in [0.2, 0.25) is 0 Å². The highest BCUT2D eigenvalue weighted by Gasteiger charge is 2.11. The van der Waals surface area contributed by atoms with Crippen LogP contribution in [-0.2, 0) is 13.1 Å². The van der Waals surface area contributed by atoms with Crippen molar-refractivity contribution in [2.45, 2.75) is 26.9 Å². The third kappa shape index (κ3) is 2.28. The predicted octanol–water partition coefficient (Wildman–Crippen LogP) is 4.09. The summed E-state index contributed by atoms with van der Waals surface area (Å²) in [6.45, 7) is 6.33. The van der Waals surface area contributed by atoms with Crippen LogP contribution in [0, 0.1) is 13.8 Å². The standard InChI is InChI=1S/C17H20N2S/c1-12-13(2)19(10-15-6-7-20-11-15)17-5-4-14(9-18-3)8-16(12)17/h4-8,11,18H,9-10H2,1-3H3. The van der Waals surface area contributed by atoms with E-state index in [0.29, 0.717) is 0 Å². The molecular formula is C17H20N2S. The van der Waals surface area contributed by atoms with Gasteiger partial charge in [0.05, 0.1) is 0 Å². The van der Waals surface area contributed by atoms with Gasteiger partial charge in [0.15, 0.2) is 0 Å². The van der Waals surface area contributed by atoms with E-state index >= 15 is 0 Å². The summed E-state index contributed by atoms with van der Waals surface area (Å²) in [7, 11) is 1.99. The minimum Gasteiger partial charge on any atom is -0.340 e. The lowest BCUT2D eigenvalue weighted by Gasteiger charge is -2.07. The monoisotopic (exact) mass is 284 g/mol. The smallest absolute Gasteiger partial charge is 0.0488 e. The molecule has 0 fully saturated rings. The van der Waals surface area contributed by atoms with E-state index in [-0.39, 0.29) is 0 Å². The molecular weight excluding hydrogens is 264 g/mol. The van der Waals surface area contributed by atoms with Gasteiger partial charge in [0.25, 0.3) is 0 Å². The lowest BCUT2D eigenvalue weighted by molar-refractivity contribution is 0.802.